The zero-order valence-electron chi connectivity index (χ0n) is 12.2. The van der Waals surface area contributed by atoms with E-state index in [1.165, 1.54) is 0 Å². The third kappa shape index (κ3) is 3.72. The Morgan fingerprint density at radius 2 is 1.94 bits per heavy atom. The second kappa shape index (κ2) is 5.29. The standard InChI is InChI=1S/C14H25NO3/c1-6-11(16)14(5)8-7-9-15(10-14)12(17)18-13(2,3)4/h6-10H2,1-5H3. The Balaban J connectivity index is 2.69. The van der Waals surface area contributed by atoms with Crippen molar-refractivity contribution in [1.29, 1.82) is 0 Å². The van der Waals surface area contributed by atoms with Crippen LogP contribution in [0.4, 0.5) is 4.79 Å². The first-order chi connectivity index (χ1) is 8.18. The summed E-state index contributed by atoms with van der Waals surface area (Å²) in [4.78, 5) is 25.6. The largest absolute Gasteiger partial charge is 0.444 e. The molecule has 1 aliphatic heterocycles. The van der Waals surface area contributed by atoms with Gasteiger partial charge in [-0.3, -0.25) is 4.79 Å². The van der Waals surface area contributed by atoms with Crippen LogP contribution in [0, 0.1) is 5.41 Å². The van der Waals surface area contributed by atoms with Gasteiger partial charge in [0.25, 0.3) is 0 Å². The second-order valence-electron chi connectivity index (χ2n) is 6.34. The molecule has 0 aromatic carbocycles. The third-order valence-electron chi connectivity index (χ3n) is 3.34. The molecule has 0 spiro atoms. The van der Waals surface area contributed by atoms with Gasteiger partial charge in [-0.15, -0.1) is 0 Å². The SMILES string of the molecule is CCC(=O)C1(C)CCCN(C(=O)OC(C)(C)C)C1. The monoisotopic (exact) mass is 255 g/mol. The highest BCUT2D eigenvalue weighted by Gasteiger charge is 2.39. The van der Waals surface area contributed by atoms with Crippen molar-refractivity contribution < 1.29 is 14.3 Å². The van der Waals surface area contributed by atoms with Gasteiger partial charge in [0.15, 0.2) is 0 Å². The highest BCUT2D eigenvalue weighted by atomic mass is 16.6. The van der Waals surface area contributed by atoms with Crippen LogP contribution in [0.1, 0.15) is 53.9 Å². The molecule has 0 saturated carbocycles. The van der Waals surface area contributed by atoms with Gasteiger partial charge in [0.1, 0.15) is 11.4 Å². The molecule has 0 aromatic heterocycles. The molecule has 0 N–H and O–H groups in total. The fraction of sp³-hybridized carbons (Fsp3) is 0.857. The van der Waals surface area contributed by atoms with Crippen LogP contribution in [0.3, 0.4) is 0 Å². The van der Waals surface area contributed by atoms with Crippen LogP contribution in [0.15, 0.2) is 0 Å². The van der Waals surface area contributed by atoms with E-state index in [0.717, 1.165) is 12.8 Å². The van der Waals surface area contributed by atoms with Gasteiger partial charge in [-0.25, -0.2) is 4.79 Å². The van der Waals surface area contributed by atoms with Crippen molar-refractivity contribution in [3.8, 4) is 0 Å². The zero-order chi connectivity index (χ0) is 14.0. The highest BCUT2D eigenvalue weighted by Crippen LogP contribution is 2.32. The zero-order valence-corrected chi connectivity index (χ0v) is 12.2. The van der Waals surface area contributed by atoms with E-state index < -0.39 is 11.0 Å². The Morgan fingerprint density at radius 3 is 2.44 bits per heavy atom. The van der Waals surface area contributed by atoms with Gasteiger partial charge in [-0.05, 0) is 33.6 Å². The Bertz CT molecular complexity index is 332. The van der Waals surface area contributed by atoms with E-state index in [0.29, 0.717) is 19.5 Å². The summed E-state index contributed by atoms with van der Waals surface area (Å²) in [6, 6.07) is 0. The van der Waals surface area contributed by atoms with Gasteiger partial charge in [0.05, 0.1) is 0 Å². The number of likely N-dealkylation sites (tertiary alicyclic amines) is 1. The summed E-state index contributed by atoms with van der Waals surface area (Å²) < 4.78 is 5.36. The van der Waals surface area contributed by atoms with Crippen LogP contribution in [0.5, 0.6) is 0 Å². The minimum atomic E-state index is -0.486. The van der Waals surface area contributed by atoms with Crippen molar-refractivity contribution in [2.75, 3.05) is 13.1 Å². The van der Waals surface area contributed by atoms with Crippen LogP contribution < -0.4 is 0 Å². The van der Waals surface area contributed by atoms with Gasteiger partial charge in [0, 0.05) is 24.9 Å². The maximum absolute atomic E-state index is 12.0. The number of hydrogen-bond donors (Lipinski definition) is 0. The second-order valence-corrected chi connectivity index (χ2v) is 6.34. The van der Waals surface area contributed by atoms with Crippen LogP contribution in [-0.4, -0.2) is 35.5 Å². The number of hydrogen-bond acceptors (Lipinski definition) is 3. The fourth-order valence-electron chi connectivity index (χ4n) is 2.38. The summed E-state index contributed by atoms with van der Waals surface area (Å²) in [6.45, 7) is 10.5. The molecular weight excluding hydrogens is 230 g/mol. The molecule has 0 aliphatic carbocycles. The van der Waals surface area contributed by atoms with E-state index in [2.05, 4.69) is 0 Å². The van der Waals surface area contributed by atoms with Crippen molar-refractivity contribution in [3.05, 3.63) is 0 Å². The van der Waals surface area contributed by atoms with Gasteiger partial charge in [-0.1, -0.05) is 13.8 Å². The normalized spacial score (nSPS) is 24.8. The third-order valence-corrected chi connectivity index (χ3v) is 3.34. The van der Waals surface area contributed by atoms with E-state index in [-0.39, 0.29) is 11.9 Å². The van der Waals surface area contributed by atoms with Gasteiger partial charge in [0.2, 0.25) is 0 Å². The molecule has 4 nitrogen and oxygen atoms in total. The molecule has 0 aromatic rings. The lowest BCUT2D eigenvalue weighted by molar-refractivity contribution is -0.130. The first-order valence-corrected chi connectivity index (χ1v) is 6.69. The fourth-order valence-corrected chi connectivity index (χ4v) is 2.38. The molecule has 1 atom stereocenters. The molecule has 0 radical (unpaired) electrons. The minimum absolute atomic E-state index is 0.232. The number of piperidine rings is 1. The molecule has 1 aliphatic rings. The van der Waals surface area contributed by atoms with E-state index in [9.17, 15) is 9.59 Å². The van der Waals surface area contributed by atoms with Crippen LogP contribution in [0.25, 0.3) is 0 Å². The Morgan fingerprint density at radius 1 is 1.33 bits per heavy atom. The Hall–Kier alpha value is -1.06. The molecule has 1 saturated heterocycles. The number of nitrogens with zero attached hydrogens (tertiary/aromatic N) is 1. The Labute approximate surface area is 110 Å². The summed E-state index contributed by atoms with van der Waals surface area (Å²) in [7, 11) is 0. The number of rotatable bonds is 2. The number of ketones is 1. The van der Waals surface area contributed by atoms with E-state index in [4.69, 9.17) is 4.74 Å². The van der Waals surface area contributed by atoms with Crippen LogP contribution >= 0.6 is 0 Å². The predicted molar refractivity (Wildman–Crippen MR) is 70.4 cm³/mol. The number of amides is 1. The molecule has 1 amide bonds. The molecule has 0 bridgehead atoms. The van der Waals surface area contributed by atoms with Gasteiger partial charge < -0.3 is 9.64 Å². The number of carbonyl (C=O) groups is 2. The van der Waals surface area contributed by atoms with Gasteiger partial charge >= 0.3 is 6.09 Å². The van der Waals surface area contributed by atoms with E-state index in [1.807, 2.05) is 34.6 Å². The smallest absolute Gasteiger partial charge is 0.410 e. The molecule has 1 unspecified atom stereocenters. The maximum atomic E-state index is 12.0. The highest BCUT2D eigenvalue weighted by molar-refractivity contribution is 5.85. The molecule has 1 heterocycles. The summed E-state index contributed by atoms with van der Waals surface area (Å²) in [6.07, 6.45) is 1.94. The number of Topliss-reactive ketones (excluding diaryl/α,β-unsaturated/α-hetero) is 1. The average molecular weight is 255 g/mol. The van der Waals surface area contributed by atoms with E-state index >= 15 is 0 Å². The average Bonchev–Trinajstić information content (AvgIpc) is 2.25. The molecule has 1 fully saturated rings. The molecular formula is C14H25NO3. The summed E-state index contributed by atoms with van der Waals surface area (Å²) in [5.41, 5.74) is -0.885. The van der Waals surface area contributed by atoms with Crippen molar-refractivity contribution in [2.24, 2.45) is 5.41 Å². The van der Waals surface area contributed by atoms with Gasteiger partial charge in [-0.2, -0.15) is 0 Å². The van der Waals surface area contributed by atoms with Crippen molar-refractivity contribution in [3.63, 3.8) is 0 Å². The lowest BCUT2D eigenvalue weighted by Crippen LogP contribution is -2.49. The van der Waals surface area contributed by atoms with Crippen molar-refractivity contribution in [1.82, 2.24) is 4.90 Å². The summed E-state index contributed by atoms with van der Waals surface area (Å²) >= 11 is 0. The lowest BCUT2D eigenvalue weighted by atomic mass is 9.77. The van der Waals surface area contributed by atoms with Crippen LogP contribution in [0.2, 0.25) is 0 Å². The molecule has 4 heteroatoms. The summed E-state index contributed by atoms with van der Waals surface area (Å²) in [5.74, 6) is 0.232. The first-order valence-electron chi connectivity index (χ1n) is 6.69. The topological polar surface area (TPSA) is 46.6 Å². The molecule has 104 valence electrons. The quantitative estimate of drug-likeness (QED) is 0.762. The molecule has 1 rings (SSSR count). The van der Waals surface area contributed by atoms with Crippen molar-refractivity contribution in [2.45, 2.75) is 59.5 Å². The van der Waals surface area contributed by atoms with E-state index in [1.54, 1.807) is 4.90 Å². The predicted octanol–water partition coefficient (Wildman–Crippen LogP) is 3.00. The molecule has 18 heavy (non-hydrogen) atoms. The number of carbonyl (C=O) groups excluding carboxylic acids is 2. The lowest BCUT2D eigenvalue weighted by Gasteiger charge is -2.39. The van der Waals surface area contributed by atoms with Crippen LogP contribution in [-0.2, 0) is 9.53 Å². The number of ether oxygens (including phenoxy) is 1. The Kier molecular flexibility index (Phi) is 4.41. The van der Waals surface area contributed by atoms with Crippen molar-refractivity contribution >= 4 is 11.9 Å². The summed E-state index contributed by atoms with van der Waals surface area (Å²) in [5, 5.41) is 0. The minimum Gasteiger partial charge on any atom is -0.444 e. The maximum Gasteiger partial charge on any atom is 0.410 e. The first kappa shape index (κ1) is 15.0.